The molecule has 2 heteroatoms. The first-order valence-electron chi connectivity index (χ1n) is 4.56. The van der Waals surface area contributed by atoms with Gasteiger partial charge in [-0.3, -0.25) is 0 Å². The van der Waals surface area contributed by atoms with E-state index < -0.39 is 0 Å². The Hall–Kier alpha value is -1.70. The SMILES string of the molecule is C=N/[N+](C)=C\C=C/Cc1ccccc1. The number of allylic oxidation sites excluding steroid dienone is 2. The van der Waals surface area contributed by atoms with Gasteiger partial charge in [-0.15, -0.1) is 0 Å². The quantitative estimate of drug-likeness (QED) is 0.390. The van der Waals surface area contributed by atoms with Gasteiger partial charge in [-0.1, -0.05) is 41.1 Å². The molecule has 0 radical (unpaired) electrons. The maximum Gasteiger partial charge on any atom is 0.195 e. The van der Waals surface area contributed by atoms with Crippen molar-refractivity contribution in [3.63, 3.8) is 0 Å². The van der Waals surface area contributed by atoms with Gasteiger partial charge in [0.05, 0.1) is 6.72 Å². The molecule has 0 bridgehead atoms. The molecule has 72 valence electrons. The molecule has 0 atom stereocenters. The normalized spacial score (nSPS) is 11.9. The van der Waals surface area contributed by atoms with Gasteiger partial charge in [0.25, 0.3) is 0 Å². The average molecular weight is 187 g/mol. The predicted octanol–water partition coefficient (Wildman–Crippen LogP) is 2.11. The standard InChI is InChI=1S/C12H15N2/c1-13-14(2)11-7-6-10-12-8-4-3-5-9-12/h3-9,11H,1,10H2,2H3/q+1/b7-6-,14-11-. The van der Waals surface area contributed by atoms with E-state index in [9.17, 15) is 0 Å². The van der Waals surface area contributed by atoms with Crippen LogP contribution in [0, 0.1) is 0 Å². The smallest absolute Gasteiger partial charge is 0.0947 e. The van der Waals surface area contributed by atoms with Crippen molar-refractivity contribution in [1.82, 2.24) is 0 Å². The summed E-state index contributed by atoms with van der Waals surface area (Å²) in [6.07, 6.45) is 6.89. The van der Waals surface area contributed by atoms with Gasteiger partial charge in [0.2, 0.25) is 0 Å². The minimum atomic E-state index is 0.947. The predicted molar refractivity (Wildman–Crippen MR) is 61.1 cm³/mol. The monoisotopic (exact) mass is 187 g/mol. The second-order valence-corrected chi connectivity index (χ2v) is 2.98. The number of hydrogen-bond donors (Lipinski definition) is 0. The van der Waals surface area contributed by atoms with Crippen molar-refractivity contribution < 1.29 is 4.68 Å². The van der Waals surface area contributed by atoms with E-state index in [1.165, 1.54) is 5.56 Å². The zero-order valence-electron chi connectivity index (χ0n) is 8.43. The Labute approximate surface area is 84.9 Å². The van der Waals surface area contributed by atoms with Crippen LogP contribution in [0.1, 0.15) is 5.56 Å². The van der Waals surface area contributed by atoms with Crippen molar-refractivity contribution in [1.29, 1.82) is 0 Å². The second-order valence-electron chi connectivity index (χ2n) is 2.98. The molecule has 0 saturated carbocycles. The molecular weight excluding hydrogens is 172 g/mol. The van der Waals surface area contributed by atoms with Gasteiger partial charge in [-0.25, -0.2) is 0 Å². The topological polar surface area (TPSA) is 15.4 Å². The van der Waals surface area contributed by atoms with E-state index in [0.29, 0.717) is 0 Å². The van der Waals surface area contributed by atoms with Crippen LogP contribution in [0.25, 0.3) is 0 Å². The molecule has 0 heterocycles. The Morgan fingerprint density at radius 2 is 2.07 bits per heavy atom. The fraction of sp³-hybridized carbons (Fsp3) is 0.167. The van der Waals surface area contributed by atoms with Crippen LogP contribution in [0.3, 0.4) is 0 Å². The fourth-order valence-electron chi connectivity index (χ4n) is 1.05. The summed E-state index contributed by atoms with van der Waals surface area (Å²) >= 11 is 0. The van der Waals surface area contributed by atoms with Gasteiger partial charge in [0.15, 0.2) is 13.3 Å². The lowest BCUT2D eigenvalue weighted by Gasteiger charge is -1.92. The molecule has 0 aliphatic heterocycles. The summed E-state index contributed by atoms with van der Waals surface area (Å²) < 4.78 is 1.67. The van der Waals surface area contributed by atoms with Crippen LogP contribution in [0.2, 0.25) is 0 Å². The van der Waals surface area contributed by atoms with Crippen LogP contribution in [-0.4, -0.2) is 24.7 Å². The highest BCUT2D eigenvalue weighted by Gasteiger charge is 1.86. The highest BCUT2D eigenvalue weighted by atomic mass is 15.3. The van der Waals surface area contributed by atoms with Crippen molar-refractivity contribution in [3.05, 3.63) is 48.0 Å². The highest BCUT2D eigenvalue weighted by Crippen LogP contribution is 1.99. The Balaban J connectivity index is 2.45. The van der Waals surface area contributed by atoms with Gasteiger partial charge in [-0.2, -0.15) is 0 Å². The summed E-state index contributed by atoms with van der Waals surface area (Å²) in [7, 11) is 1.85. The van der Waals surface area contributed by atoms with E-state index in [2.05, 4.69) is 30.0 Å². The maximum absolute atomic E-state index is 3.71. The zero-order chi connectivity index (χ0) is 10.2. The molecule has 2 nitrogen and oxygen atoms in total. The van der Waals surface area contributed by atoms with Crippen LogP contribution in [-0.2, 0) is 6.42 Å². The van der Waals surface area contributed by atoms with E-state index in [4.69, 9.17) is 0 Å². The lowest BCUT2D eigenvalue weighted by Crippen LogP contribution is -1.94. The minimum absolute atomic E-state index is 0.947. The van der Waals surface area contributed by atoms with Gasteiger partial charge >= 0.3 is 0 Å². The molecule has 0 spiro atoms. The third-order valence-electron chi connectivity index (χ3n) is 1.86. The number of hydrazone groups is 1. The summed E-state index contributed by atoms with van der Waals surface area (Å²) in [6, 6.07) is 10.3. The molecule has 0 unspecified atom stereocenters. The maximum atomic E-state index is 3.71. The Morgan fingerprint density at radius 1 is 1.36 bits per heavy atom. The molecule has 0 aliphatic rings. The average Bonchev–Trinajstić information content (AvgIpc) is 2.25. The van der Waals surface area contributed by atoms with Gasteiger partial charge < -0.3 is 0 Å². The highest BCUT2D eigenvalue weighted by molar-refractivity contribution is 5.66. The van der Waals surface area contributed by atoms with Crippen molar-refractivity contribution in [2.75, 3.05) is 7.05 Å². The van der Waals surface area contributed by atoms with Gasteiger partial charge in [0, 0.05) is 6.08 Å². The number of benzene rings is 1. The van der Waals surface area contributed by atoms with Crippen LogP contribution < -0.4 is 0 Å². The molecule has 0 N–H and O–H groups in total. The summed E-state index contributed by atoms with van der Waals surface area (Å²) in [5.41, 5.74) is 1.31. The summed E-state index contributed by atoms with van der Waals surface area (Å²) in [4.78, 5) is 0. The zero-order valence-corrected chi connectivity index (χ0v) is 8.43. The van der Waals surface area contributed by atoms with E-state index in [1.54, 1.807) is 4.68 Å². The number of hydrogen-bond acceptors (Lipinski definition) is 1. The Bertz CT molecular complexity index is 337. The summed E-state index contributed by atoms with van der Waals surface area (Å²) in [5.74, 6) is 0. The Morgan fingerprint density at radius 3 is 2.71 bits per heavy atom. The minimum Gasteiger partial charge on any atom is -0.0947 e. The van der Waals surface area contributed by atoms with Crippen LogP contribution in [0.15, 0.2) is 47.6 Å². The molecular formula is C12H15N2+. The van der Waals surface area contributed by atoms with Crippen LogP contribution in [0.5, 0.6) is 0 Å². The van der Waals surface area contributed by atoms with Crippen LogP contribution in [0.4, 0.5) is 0 Å². The van der Waals surface area contributed by atoms with E-state index in [-0.39, 0.29) is 0 Å². The molecule has 0 saturated heterocycles. The van der Waals surface area contributed by atoms with Gasteiger partial charge in [0.1, 0.15) is 0 Å². The van der Waals surface area contributed by atoms with Crippen molar-refractivity contribution in [2.24, 2.45) is 5.10 Å². The number of nitrogens with zero attached hydrogens (tertiary/aromatic N) is 2. The lowest BCUT2D eigenvalue weighted by molar-refractivity contribution is -0.495. The first kappa shape index (κ1) is 10.4. The molecule has 1 aromatic rings. The van der Waals surface area contributed by atoms with Crippen molar-refractivity contribution >= 4 is 12.9 Å². The summed E-state index contributed by atoms with van der Waals surface area (Å²) in [5, 5.41) is 3.71. The van der Waals surface area contributed by atoms with Gasteiger partial charge in [-0.05, 0) is 17.1 Å². The Kier molecular flexibility index (Phi) is 4.35. The molecule has 0 amide bonds. The molecule has 1 aromatic carbocycles. The molecule has 14 heavy (non-hydrogen) atoms. The third-order valence-corrected chi connectivity index (χ3v) is 1.86. The lowest BCUT2D eigenvalue weighted by atomic mass is 10.1. The first-order chi connectivity index (χ1) is 6.83. The largest absolute Gasteiger partial charge is 0.195 e. The molecule has 0 aromatic heterocycles. The summed E-state index contributed by atoms with van der Waals surface area (Å²) in [6.45, 7) is 3.41. The number of rotatable bonds is 4. The van der Waals surface area contributed by atoms with Crippen molar-refractivity contribution in [3.8, 4) is 0 Å². The van der Waals surface area contributed by atoms with Crippen molar-refractivity contribution in [2.45, 2.75) is 6.42 Å². The van der Waals surface area contributed by atoms with E-state index in [0.717, 1.165) is 6.42 Å². The fourth-order valence-corrected chi connectivity index (χ4v) is 1.05. The molecule has 0 fully saturated rings. The second kappa shape index (κ2) is 5.86. The third kappa shape index (κ3) is 3.81. The van der Waals surface area contributed by atoms with Crippen LogP contribution >= 0.6 is 0 Å². The van der Waals surface area contributed by atoms with E-state index in [1.807, 2.05) is 37.5 Å². The van der Waals surface area contributed by atoms with E-state index >= 15 is 0 Å². The molecule has 0 aliphatic carbocycles. The first-order valence-corrected chi connectivity index (χ1v) is 4.56. The molecule has 1 rings (SSSR count).